The maximum absolute atomic E-state index is 13.7. The van der Waals surface area contributed by atoms with E-state index in [0.29, 0.717) is 25.3 Å². The summed E-state index contributed by atoms with van der Waals surface area (Å²) in [5.41, 5.74) is 1.48. The maximum Gasteiger partial charge on any atom is 0.271 e. The summed E-state index contributed by atoms with van der Waals surface area (Å²) in [6.45, 7) is 2.96. The van der Waals surface area contributed by atoms with Crippen LogP contribution in [0.1, 0.15) is 28.5 Å². The van der Waals surface area contributed by atoms with Crippen molar-refractivity contribution in [3.63, 3.8) is 0 Å². The van der Waals surface area contributed by atoms with Crippen LogP contribution in [0.3, 0.4) is 0 Å². The van der Waals surface area contributed by atoms with E-state index in [1.54, 1.807) is 23.3 Å². The Kier molecular flexibility index (Phi) is 5.42. The van der Waals surface area contributed by atoms with E-state index in [1.165, 1.54) is 0 Å². The summed E-state index contributed by atoms with van der Waals surface area (Å²) in [5, 5.41) is 6.10. The molecule has 2 aromatic carbocycles. The number of methoxy groups -OCH3 is 1. The number of hydrogen-bond acceptors (Lipinski definition) is 4. The predicted molar refractivity (Wildman–Crippen MR) is 129 cm³/mol. The zero-order chi connectivity index (χ0) is 23.0. The first-order valence-corrected chi connectivity index (χ1v) is 11.7. The van der Waals surface area contributed by atoms with Crippen molar-refractivity contribution < 1.29 is 14.3 Å². The first-order valence-electron chi connectivity index (χ1n) is 10.8. The number of nitrogens with zero attached hydrogens (tertiary/aromatic N) is 2. The van der Waals surface area contributed by atoms with E-state index in [0.717, 1.165) is 27.1 Å². The second kappa shape index (κ2) is 8.41. The molecule has 2 aromatic heterocycles. The van der Waals surface area contributed by atoms with E-state index in [-0.39, 0.29) is 11.8 Å². The molecule has 0 saturated carbocycles. The molecule has 0 aliphatic carbocycles. The summed E-state index contributed by atoms with van der Waals surface area (Å²) in [7, 11) is 1.62. The summed E-state index contributed by atoms with van der Waals surface area (Å²) in [6, 6.07) is 21.3. The van der Waals surface area contributed by atoms with Crippen molar-refractivity contribution in [2.24, 2.45) is 0 Å². The summed E-state index contributed by atoms with van der Waals surface area (Å²) in [5.74, 6) is 0.396. The Labute approximate surface area is 196 Å². The van der Waals surface area contributed by atoms with Gasteiger partial charge in [-0.2, -0.15) is 0 Å². The Hall–Kier alpha value is -3.58. The standard InChI is InChI=1S/C26H25N3O3S/c1-26(25(31)27-15-18-7-4-3-5-8-18)17-28-22(14-20-11-12-33-24(20)28)23(30)29(26)16-19-9-6-10-21(13-19)32-2/h3-14H,15-17H2,1-2H3,(H,27,31)/t26-/m0/s1. The van der Waals surface area contributed by atoms with Gasteiger partial charge in [-0.25, -0.2) is 0 Å². The lowest BCUT2D eigenvalue weighted by atomic mass is 9.93. The summed E-state index contributed by atoms with van der Waals surface area (Å²) in [6.07, 6.45) is 0. The van der Waals surface area contributed by atoms with Gasteiger partial charge < -0.3 is 19.5 Å². The Bertz CT molecular complexity index is 1330. The summed E-state index contributed by atoms with van der Waals surface area (Å²) >= 11 is 1.59. The molecule has 1 aliphatic rings. The molecule has 5 rings (SSSR count). The molecule has 1 atom stereocenters. The number of fused-ring (bicyclic) bond motifs is 3. The highest BCUT2D eigenvalue weighted by molar-refractivity contribution is 7.16. The topological polar surface area (TPSA) is 63.6 Å². The highest BCUT2D eigenvalue weighted by Gasteiger charge is 2.47. The second-order valence-corrected chi connectivity index (χ2v) is 9.38. The monoisotopic (exact) mass is 459 g/mol. The zero-order valence-corrected chi connectivity index (χ0v) is 19.4. The van der Waals surface area contributed by atoms with Gasteiger partial charge in [0, 0.05) is 18.5 Å². The van der Waals surface area contributed by atoms with Crippen LogP contribution in [-0.2, 0) is 24.4 Å². The van der Waals surface area contributed by atoms with Gasteiger partial charge in [-0.15, -0.1) is 11.3 Å². The van der Waals surface area contributed by atoms with Crippen LogP contribution < -0.4 is 10.1 Å². The number of amides is 2. The van der Waals surface area contributed by atoms with Crippen molar-refractivity contribution in [1.82, 2.24) is 14.8 Å². The highest BCUT2D eigenvalue weighted by atomic mass is 32.1. The van der Waals surface area contributed by atoms with Crippen LogP contribution in [0.5, 0.6) is 5.75 Å². The minimum atomic E-state index is -1.06. The van der Waals surface area contributed by atoms with Crippen LogP contribution in [0.2, 0.25) is 0 Å². The van der Waals surface area contributed by atoms with E-state index in [2.05, 4.69) is 5.32 Å². The molecule has 0 spiro atoms. The number of carbonyl (C=O) groups is 2. The van der Waals surface area contributed by atoms with Gasteiger partial charge >= 0.3 is 0 Å². The summed E-state index contributed by atoms with van der Waals surface area (Å²) in [4.78, 5) is 30.1. The Morgan fingerprint density at radius 3 is 2.67 bits per heavy atom. The van der Waals surface area contributed by atoms with Gasteiger partial charge in [0.1, 0.15) is 21.8 Å². The number of hydrogen-bond donors (Lipinski definition) is 1. The lowest BCUT2D eigenvalue weighted by molar-refractivity contribution is -0.133. The van der Waals surface area contributed by atoms with Crippen molar-refractivity contribution in [1.29, 1.82) is 0 Å². The van der Waals surface area contributed by atoms with Gasteiger partial charge in [0.25, 0.3) is 5.91 Å². The second-order valence-electron chi connectivity index (χ2n) is 8.48. The molecule has 0 radical (unpaired) electrons. The third-order valence-corrected chi connectivity index (χ3v) is 7.24. The number of aromatic nitrogens is 1. The van der Waals surface area contributed by atoms with Gasteiger partial charge in [-0.05, 0) is 47.7 Å². The van der Waals surface area contributed by atoms with Crippen molar-refractivity contribution in [3.8, 4) is 5.75 Å². The Morgan fingerprint density at radius 2 is 1.88 bits per heavy atom. The lowest BCUT2D eigenvalue weighted by Gasteiger charge is -2.44. The average Bonchev–Trinajstić information content (AvgIpc) is 3.43. The SMILES string of the molecule is COc1cccc(CN2C(=O)c3cc4ccsc4n3C[C@@]2(C)C(=O)NCc2ccccc2)c1. The fourth-order valence-corrected chi connectivity index (χ4v) is 5.32. The van der Waals surface area contributed by atoms with Crippen LogP contribution in [0, 0.1) is 0 Å². The minimum absolute atomic E-state index is 0.148. The molecule has 6 nitrogen and oxygen atoms in total. The molecule has 1 aliphatic heterocycles. The van der Waals surface area contributed by atoms with E-state index < -0.39 is 5.54 Å². The number of thiophene rings is 1. The van der Waals surface area contributed by atoms with Crippen LogP contribution in [-0.4, -0.2) is 33.9 Å². The van der Waals surface area contributed by atoms with Crippen molar-refractivity contribution >= 4 is 33.4 Å². The Balaban J connectivity index is 1.51. The number of rotatable bonds is 6. The minimum Gasteiger partial charge on any atom is -0.497 e. The molecule has 4 aromatic rings. The van der Waals surface area contributed by atoms with Crippen LogP contribution >= 0.6 is 11.3 Å². The molecule has 7 heteroatoms. The number of carbonyl (C=O) groups excluding carboxylic acids is 2. The van der Waals surface area contributed by atoms with Gasteiger partial charge in [0.05, 0.1) is 13.7 Å². The lowest BCUT2D eigenvalue weighted by Crippen LogP contribution is -2.63. The quantitative estimate of drug-likeness (QED) is 0.464. The first kappa shape index (κ1) is 21.3. The van der Waals surface area contributed by atoms with Gasteiger partial charge in [-0.1, -0.05) is 42.5 Å². The largest absolute Gasteiger partial charge is 0.497 e. The van der Waals surface area contributed by atoms with E-state index in [1.807, 2.05) is 83.6 Å². The molecule has 1 N–H and O–H groups in total. The molecular formula is C26H25N3O3S. The Morgan fingerprint density at radius 1 is 1.09 bits per heavy atom. The first-order chi connectivity index (χ1) is 16.0. The van der Waals surface area contributed by atoms with E-state index in [9.17, 15) is 9.59 Å². The number of benzene rings is 2. The number of nitrogens with one attached hydrogen (secondary N) is 1. The molecule has 0 fully saturated rings. The van der Waals surface area contributed by atoms with Gasteiger partial charge in [0.15, 0.2) is 0 Å². The average molecular weight is 460 g/mol. The zero-order valence-electron chi connectivity index (χ0n) is 18.6. The molecule has 0 saturated heterocycles. The fourth-order valence-electron chi connectivity index (χ4n) is 4.43. The predicted octanol–water partition coefficient (Wildman–Crippen LogP) is 4.44. The van der Waals surface area contributed by atoms with Gasteiger partial charge in [0.2, 0.25) is 5.91 Å². The molecule has 0 bridgehead atoms. The molecule has 2 amide bonds. The molecule has 0 unspecified atom stereocenters. The highest BCUT2D eigenvalue weighted by Crippen LogP contribution is 2.35. The maximum atomic E-state index is 13.7. The molecule has 3 heterocycles. The third-order valence-electron chi connectivity index (χ3n) is 6.29. The molecule has 168 valence electrons. The van der Waals surface area contributed by atoms with Crippen LogP contribution in [0.4, 0.5) is 0 Å². The van der Waals surface area contributed by atoms with Crippen molar-refractivity contribution in [2.45, 2.75) is 32.1 Å². The number of ether oxygens (including phenoxy) is 1. The molecular weight excluding hydrogens is 434 g/mol. The van der Waals surface area contributed by atoms with E-state index >= 15 is 0 Å². The smallest absolute Gasteiger partial charge is 0.271 e. The third kappa shape index (κ3) is 3.78. The normalized spacial score (nSPS) is 17.8. The fraction of sp³-hybridized carbons (Fsp3) is 0.231. The van der Waals surface area contributed by atoms with E-state index in [4.69, 9.17) is 4.74 Å². The van der Waals surface area contributed by atoms with Crippen molar-refractivity contribution in [2.75, 3.05) is 7.11 Å². The van der Waals surface area contributed by atoms with Gasteiger partial charge in [-0.3, -0.25) is 9.59 Å². The summed E-state index contributed by atoms with van der Waals surface area (Å²) < 4.78 is 7.35. The van der Waals surface area contributed by atoms with Crippen molar-refractivity contribution in [3.05, 3.63) is 88.9 Å². The molecule has 33 heavy (non-hydrogen) atoms. The van der Waals surface area contributed by atoms with Crippen LogP contribution in [0.15, 0.2) is 72.1 Å². The van der Waals surface area contributed by atoms with Crippen LogP contribution in [0.25, 0.3) is 10.2 Å².